The molecule has 0 aliphatic carbocycles. The number of carbonyl (C=O) groups is 1. The highest BCUT2D eigenvalue weighted by Gasteiger charge is 2.43. The molecular formula is C11H21NO5S. The summed E-state index contributed by atoms with van der Waals surface area (Å²) in [6.07, 6.45) is 0.412. The van der Waals surface area contributed by atoms with Crippen LogP contribution >= 0.6 is 0 Å². The topological polar surface area (TPSA) is 83.9 Å². The van der Waals surface area contributed by atoms with Gasteiger partial charge in [-0.25, -0.2) is 8.42 Å². The number of sulfonamides is 1. The molecule has 1 saturated heterocycles. The summed E-state index contributed by atoms with van der Waals surface area (Å²) in [5.41, 5.74) is 0. The summed E-state index contributed by atoms with van der Waals surface area (Å²) in [5.74, 6) is -0.850. The van der Waals surface area contributed by atoms with Crippen LogP contribution in [-0.2, 0) is 19.6 Å². The van der Waals surface area contributed by atoms with Crippen molar-refractivity contribution in [1.82, 2.24) is 4.31 Å². The maximum absolute atomic E-state index is 12.1. The third-order valence-electron chi connectivity index (χ3n) is 3.15. The number of aliphatic carboxylic acids is 1. The van der Waals surface area contributed by atoms with Gasteiger partial charge in [-0.3, -0.25) is 4.79 Å². The van der Waals surface area contributed by atoms with Crippen molar-refractivity contribution in [3.8, 4) is 0 Å². The maximum atomic E-state index is 12.1. The van der Waals surface area contributed by atoms with Gasteiger partial charge in [0.05, 0.1) is 11.9 Å². The predicted octanol–water partition coefficient (Wildman–Crippen LogP) is 0.536. The Morgan fingerprint density at radius 2 is 2.11 bits per heavy atom. The Bertz CT molecular complexity index is 392. The lowest BCUT2D eigenvalue weighted by molar-refractivity contribution is -0.140. The highest BCUT2D eigenvalue weighted by molar-refractivity contribution is 7.89. The van der Waals surface area contributed by atoms with Crippen LogP contribution in [0.25, 0.3) is 0 Å². The maximum Gasteiger partial charge on any atom is 0.322 e. The molecule has 0 aromatic heterocycles. The lowest BCUT2D eigenvalue weighted by Crippen LogP contribution is -2.41. The first-order chi connectivity index (χ1) is 8.27. The second-order valence-corrected chi connectivity index (χ2v) is 7.06. The molecule has 18 heavy (non-hydrogen) atoms. The van der Waals surface area contributed by atoms with Crippen LogP contribution in [0.3, 0.4) is 0 Å². The molecule has 0 aromatic carbocycles. The van der Waals surface area contributed by atoms with E-state index in [4.69, 9.17) is 9.84 Å². The van der Waals surface area contributed by atoms with Gasteiger partial charge in [0.15, 0.2) is 0 Å². The third kappa shape index (κ3) is 3.66. The largest absolute Gasteiger partial charge is 0.480 e. The van der Waals surface area contributed by atoms with Gasteiger partial charge in [-0.05, 0) is 12.3 Å². The molecular weight excluding hydrogens is 258 g/mol. The Hall–Kier alpha value is -0.660. The van der Waals surface area contributed by atoms with Gasteiger partial charge in [0.25, 0.3) is 0 Å². The molecule has 1 fully saturated rings. The van der Waals surface area contributed by atoms with Crippen LogP contribution in [-0.4, -0.2) is 55.4 Å². The second kappa shape index (κ2) is 5.99. The van der Waals surface area contributed by atoms with Crippen molar-refractivity contribution in [1.29, 1.82) is 0 Å². The van der Waals surface area contributed by atoms with Crippen molar-refractivity contribution in [2.45, 2.75) is 38.8 Å². The van der Waals surface area contributed by atoms with Crippen molar-refractivity contribution in [3.05, 3.63) is 0 Å². The van der Waals surface area contributed by atoms with E-state index in [1.165, 1.54) is 7.11 Å². The summed E-state index contributed by atoms with van der Waals surface area (Å²) in [6.45, 7) is 4.01. The van der Waals surface area contributed by atoms with Gasteiger partial charge < -0.3 is 9.84 Å². The monoisotopic (exact) mass is 279 g/mol. The molecule has 0 aromatic rings. The van der Waals surface area contributed by atoms with Gasteiger partial charge in [0, 0.05) is 20.1 Å². The van der Waals surface area contributed by atoms with Crippen LogP contribution < -0.4 is 0 Å². The fraction of sp³-hybridized carbons (Fsp3) is 0.909. The molecule has 1 aliphatic rings. The molecule has 1 aliphatic heterocycles. The Labute approximate surface area is 108 Å². The average Bonchev–Trinajstić information content (AvgIpc) is 2.71. The van der Waals surface area contributed by atoms with E-state index < -0.39 is 22.0 Å². The zero-order valence-electron chi connectivity index (χ0n) is 11.0. The number of rotatable bonds is 6. The summed E-state index contributed by atoms with van der Waals surface area (Å²) >= 11 is 0. The highest BCUT2D eigenvalue weighted by Crippen LogP contribution is 2.24. The number of hydrogen-bond donors (Lipinski definition) is 1. The average molecular weight is 279 g/mol. The van der Waals surface area contributed by atoms with Gasteiger partial charge >= 0.3 is 5.97 Å². The fourth-order valence-electron chi connectivity index (χ4n) is 1.97. The summed E-state index contributed by atoms with van der Waals surface area (Å²) in [4.78, 5) is 11.1. The van der Waals surface area contributed by atoms with Gasteiger partial charge in [-0.2, -0.15) is 4.31 Å². The van der Waals surface area contributed by atoms with E-state index in [1.54, 1.807) is 0 Å². The molecule has 0 saturated carbocycles. The molecule has 0 radical (unpaired) electrons. The third-order valence-corrected chi connectivity index (χ3v) is 5.02. The second-order valence-electron chi connectivity index (χ2n) is 5.02. The summed E-state index contributed by atoms with van der Waals surface area (Å²) in [7, 11) is -2.05. The number of methoxy groups -OCH3 is 1. The minimum absolute atomic E-state index is 0.00905. The van der Waals surface area contributed by atoms with Gasteiger partial charge in [-0.15, -0.1) is 0 Å². The number of hydrogen-bond acceptors (Lipinski definition) is 4. The highest BCUT2D eigenvalue weighted by atomic mass is 32.2. The van der Waals surface area contributed by atoms with E-state index >= 15 is 0 Å². The molecule has 0 amide bonds. The standard InChI is InChI=1S/C11H21NO5S/c1-8(2)4-5-18(15,16)12-7-9(17-3)6-10(12)11(13)14/h8-10H,4-7H2,1-3H3,(H,13,14). The fourth-order valence-corrected chi connectivity index (χ4v) is 3.93. The Morgan fingerprint density at radius 3 is 2.56 bits per heavy atom. The zero-order valence-corrected chi connectivity index (χ0v) is 11.8. The number of nitrogens with zero attached hydrogens (tertiary/aromatic N) is 1. The van der Waals surface area contributed by atoms with E-state index in [0.29, 0.717) is 6.42 Å². The van der Waals surface area contributed by atoms with Gasteiger partial charge in [-0.1, -0.05) is 13.8 Å². The molecule has 2 unspecified atom stereocenters. The molecule has 2 atom stereocenters. The van der Waals surface area contributed by atoms with Crippen molar-refractivity contribution >= 4 is 16.0 Å². The molecule has 1 N–H and O–H groups in total. The van der Waals surface area contributed by atoms with Crippen LogP contribution in [0, 0.1) is 5.92 Å². The van der Waals surface area contributed by atoms with Crippen molar-refractivity contribution in [2.75, 3.05) is 19.4 Å². The SMILES string of the molecule is COC1CC(C(=O)O)N(S(=O)(=O)CCC(C)C)C1. The zero-order chi connectivity index (χ0) is 13.9. The summed E-state index contributed by atoms with van der Waals surface area (Å²) < 4.78 is 30.4. The normalized spacial score (nSPS) is 25.8. The summed E-state index contributed by atoms with van der Waals surface area (Å²) in [5, 5.41) is 9.08. The Morgan fingerprint density at radius 1 is 1.50 bits per heavy atom. The van der Waals surface area contributed by atoms with Crippen LogP contribution in [0.15, 0.2) is 0 Å². The first-order valence-corrected chi connectivity index (χ1v) is 7.64. The molecule has 1 rings (SSSR count). The molecule has 6 nitrogen and oxygen atoms in total. The van der Waals surface area contributed by atoms with Crippen molar-refractivity contribution in [2.24, 2.45) is 5.92 Å². The van der Waals surface area contributed by atoms with Crippen molar-refractivity contribution in [3.63, 3.8) is 0 Å². The van der Waals surface area contributed by atoms with E-state index in [9.17, 15) is 13.2 Å². The minimum Gasteiger partial charge on any atom is -0.480 e. The molecule has 0 bridgehead atoms. The van der Waals surface area contributed by atoms with E-state index in [1.807, 2.05) is 13.8 Å². The van der Waals surface area contributed by atoms with Crippen LogP contribution in [0.4, 0.5) is 0 Å². The molecule has 0 spiro atoms. The number of carboxylic acids is 1. The Kier molecular flexibility index (Phi) is 5.12. The van der Waals surface area contributed by atoms with Gasteiger partial charge in [0.1, 0.15) is 6.04 Å². The van der Waals surface area contributed by atoms with Crippen LogP contribution in [0.1, 0.15) is 26.7 Å². The quantitative estimate of drug-likeness (QED) is 0.767. The van der Waals surface area contributed by atoms with E-state index in [2.05, 4.69) is 0 Å². The smallest absolute Gasteiger partial charge is 0.322 e. The predicted molar refractivity (Wildman–Crippen MR) is 66.8 cm³/mol. The molecule has 1 heterocycles. The minimum atomic E-state index is -3.52. The lowest BCUT2D eigenvalue weighted by Gasteiger charge is -2.21. The number of ether oxygens (including phenoxy) is 1. The summed E-state index contributed by atoms with van der Waals surface area (Å²) in [6, 6.07) is -0.993. The van der Waals surface area contributed by atoms with E-state index in [-0.39, 0.29) is 30.7 Å². The van der Waals surface area contributed by atoms with Crippen LogP contribution in [0.2, 0.25) is 0 Å². The van der Waals surface area contributed by atoms with Crippen LogP contribution in [0.5, 0.6) is 0 Å². The Balaban J connectivity index is 2.81. The molecule has 7 heteroatoms. The number of carboxylic acid groups (broad SMARTS) is 1. The lowest BCUT2D eigenvalue weighted by atomic mass is 10.2. The first-order valence-electron chi connectivity index (χ1n) is 6.03. The van der Waals surface area contributed by atoms with Gasteiger partial charge in [0.2, 0.25) is 10.0 Å². The van der Waals surface area contributed by atoms with E-state index in [0.717, 1.165) is 4.31 Å². The molecule has 106 valence electrons. The first kappa shape index (κ1) is 15.4. The van der Waals surface area contributed by atoms with Crippen molar-refractivity contribution < 1.29 is 23.1 Å².